The van der Waals surface area contributed by atoms with E-state index in [-0.39, 0.29) is 24.3 Å². The molecule has 0 heterocycles. The summed E-state index contributed by atoms with van der Waals surface area (Å²) in [5, 5.41) is 9.57. The van der Waals surface area contributed by atoms with Gasteiger partial charge in [-0.05, 0) is 44.4 Å². The first-order valence-corrected chi connectivity index (χ1v) is 11.7. The third-order valence-electron chi connectivity index (χ3n) is 5.62. The maximum Gasteiger partial charge on any atom is 0.220 e. The van der Waals surface area contributed by atoms with E-state index in [2.05, 4.69) is 26.0 Å². The summed E-state index contributed by atoms with van der Waals surface area (Å²) < 4.78 is 0. The Labute approximate surface area is 169 Å². The molecule has 0 aliphatic rings. The average Bonchev–Trinajstić information content (AvgIpc) is 2.66. The van der Waals surface area contributed by atoms with Crippen LogP contribution in [0, 0.1) is 11.8 Å². The number of primary amides is 1. The van der Waals surface area contributed by atoms with Crippen LogP contribution >= 0.6 is 0 Å². The van der Waals surface area contributed by atoms with Gasteiger partial charge in [0.05, 0.1) is 0 Å². The predicted molar refractivity (Wildman–Crippen MR) is 118 cm³/mol. The van der Waals surface area contributed by atoms with Gasteiger partial charge in [0.1, 0.15) is 0 Å². The molecule has 1 amide bonds. The van der Waals surface area contributed by atoms with Gasteiger partial charge >= 0.3 is 0 Å². The number of amides is 1. The highest BCUT2D eigenvalue weighted by molar-refractivity contribution is 5.76. The van der Waals surface area contributed by atoms with Gasteiger partial charge in [-0.2, -0.15) is 0 Å². The molecule has 27 heavy (non-hydrogen) atoms. The SMILES string of the molecule is CCCCCC/C=C\CCCCCCCCC(C(N)=O)C(CO)CCCC. The number of nitrogens with two attached hydrogens (primary N) is 1. The van der Waals surface area contributed by atoms with Crippen molar-refractivity contribution in [2.45, 2.75) is 117 Å². The molecule has 0 radical (unpaired) electrons. The van der Waals surface area contributed by atoms with Gasteiger partial charge in [0.15, 0.2) is 0 Å². The molecule has 0 saturated heterocycles. The Morgan fingerprint density at radius 1 is 0.778 bits per heavy atom. The number of allylic oxidation sites excluding steroid dienone is 2. The monoisotopic (exact) mass is 381 g/mol. The lowest BCUT2D eigenvalue weighted by molar-refractivity contribution is -0.124. The Kier molecular flexibility index (Phi) is 19.3. The normalized spacial score (nSPS) is 13.9. The number of rotatable bonds is 20. The van der Waals surface area contributed by atoms with Gasteiger partial charge in [0.25, 0.3) is 0 Å². The summed E-state index contributed by atoms with van der Waals surface area (Å²) in [5.41, 5.74) is 5.58. The first-order valence-electron chi connectivity index (χ1n) is 11.7. The van der Waals surface area contributed by atoms with Gasteiger partial charge in [-0.3, -0.25) is 4.79 Å². The zero-order chi connectivity index (χ0) is 20.2. The minimum Gasteiger partial charge on any atom is -0.396 e. The summed E-state index contributed by atoms with van der Waals surface area (Å²) in [7, 11) is 0. The van der Waals surface area contributed by atoms with Crippen LogP contribution in [0.5, 0.6) is 0 Å². The molecule has 0 aromatic carbocycles. The first-order chi connectivity index (χ1) is 13.2. The Hall–Kier alpha value is -0.830. The summed E-state index contributed by atoms with van der Waals surface area (Å²) >= 11 is 0. The van der Waals surface area contributed by atoms with Crippen LogP contribution in [0.3, 0.4) is 0 Å². The molecule has 2 unspecified atom stereocenters. The average molecular weight is 382 g/mol. The lowest BCUT2D eigenvalue weighted by Gasteiger charge is -2.22. The van der Waals surface area contributed by atoms with Gasteiger partial charge in [-0.1, -0.05) is 90.2 Å². The van der Waals surface area contributed by atoms with Gasteiger partial charge in [-0.25, -0.2) is 0 Å². The molecule has 0 saturated carbocycles. The zero-order valence-corrected chi connectivity index (χ0v) is 18.3. The van der Waals surface area contributed by atoms with Crippen molar-refractivity contribution >= 4 is 5.91 Å². The highest BCUT2D eigenvalue weighted by Crippen LogP contribution is 2.24. The van der Waals surface area contributed by atoms with Crippen molar-refractivity contribution in [3.63, 3.8) is 0 Å². The summed E-state index contributed by atoms with van der Waals surface area (Å²) in [4.78, 5) is 11.7. The van der Waals surface area contributed by atoms with Crippen LogP contribution in [0.1, 0.15) is 117 Å². The van der Waals surface area contributed by atoms with Crippen LogP contribution < -0.4 is 5.73 Å². The molecular weight excluding hydrogens is 334 g/mol. The summed E-state index contributed by atoms with van der Waals surface area (Å²) in [5.74, 6) is -0.327. The molecule has 3 heteroatoms. The summed E-state index contributed by atoms with van der Waals surface area (Å²) in [6.07, 6.45) is 23.8. The van der Waals surface area contributed by atoms with Crippen LogP contribution in [-0.4, -0.2) is 17.6 Å². The van der Waals surface area contributed by atoms with Crippen LogP contribution in [0.25, 0.3) is 0 Å². The van der Waals surface area contributed by atoms with E-state index in [0.29, 0.717) is 0 Å². The molecule has 0 fully saturated rings. The van der Waals surface area contributed by atoms with E-state index in [4.69, 9.17) is 5.73 Å². The topological polar surface area (TPSA) is 63.3 Å². The molecule has 3 N–H and O–H groups in total. The lowest BCUT2D eigenvalue weighted by atomic mass is 9.84. The van der Waals surface area contributed by atoms with Gasteiger partial charge in [0.2, 0.25) is 5.91 Å². The quantitative estimate of drug-likeness (QED) is 0.186. The standard InChI is InChI=1S/C24H47NO2/c1-3-5-7-8-9-10-11-12-13-14-15-16-17-18-20-23(24(25)27)22(21-26)19-6-4-2/h10-11,22-23,26H,3-9,12-21H2,1-2H3,(H2,25,27)/b11-10-. The fourth-order valence-corrected chi connectivity index (χ4v) is 3.75. The van der Waals surface area contributed by atoms with E-state index in [1.165, 1.54) is 70.6 Å². The second-order valence-corrected chi connectivity index (χ2v) is 8.11. The molecule has 0 aliphatic heterocycles. The maximum absolute atomic E-state index is 11.7. The maximum atomic E-state index is 11.7. The number of carbonyl (C=O) groups excluding carboxylic acids is 1. The molecule has 0 bridgehead atoms. The zero-order valence-electron chi connectivity index (χ0n) is 18.3. The van der Waals surface area contributed by atoms with Crippen molar-refractivity contribution < 1.29 is 9.90 Å². The number of aliphatic hydroxyl groups is 1. The van der Waals surface area contributed by atoms with Gasteiger partial charge in [0, 0.05) is 12.5 Å². The van der Waals surface area contributed by atoms with E-state index in [1.807, 2.05) is 0 Å². The third kappa shape index (κ3) is 15.9. The number of hydrogen-bond acceptors (Lipinski definition) is 2. The van der Waals surface area contributed by atoms with Crippen molar-refractivity contribution in [3.05, 3.63) is 12.2 Å². The van der Waals surface area contributed by atoms with Gasteiger partial charge in [-0.15, -0.1) is 0 Å². The van der Waals surface area contributed by atoms with Crippen LogP contribution in [0.2, 0.25) is 0 Å². The van der Waals surface area contributed by atoms with E-state index >= 15 is 0 Å². The van der Waals surface area contributed by atoms with Crippen molar-refractivity contribution in [2.24, 2.45) is 17.6 Å². The lowest BCUT2D eigenvalue weighted by Crippen LogP contribution is -2.32. The number of carbonyl (C=O) groups is 1. The summed E-state index contributed by atoms with van der Waals surface area (Å²) in [6.45, 7) is 4.47. The Morgan fingerprint density at radius 2 is 1.30 bits per heavy atom. The smallest absolute Gasteiger partial charge is 0.220 e. The highest BCUT2D eigenvalue weighted by atomic mass is 16.3. The Bertz CT molecular complexity index is 354. The summed E-state index contributed by atoms with van der Waals surface area (Å²) in [6, 6.07) is 0. The largest absolute Gasteiger partial charge is 0.396 e. The number of unbranched alkanes of at least 4 members (excludes halogenated alkanes) is 11. The van der Waals surface area contributed by atoms with E-state index in [9.17, 15) is 9.90 Å². The number of aliphatic hydroxyl groups excluding tert-OH is 1. The second kappa shape index (κ2) is 19.9. The van der Waals surface area contributed by atoms with E-state index in [0.717, 1.165) is 32.1 Å². The Morgan fingerprint density at radius 3 is 1.81 bits per heavy atom. The fourth-order valence-electron chi connectivity index (χ4n) is 3.75. The Balaban J connectivity index is 3.65. The fraction of sp³-hybridized carbons (Fsp3) is 0.875. The molecule has 160 valence electrons. The molecule has 2 atom stereocenters. The van der Waals surface area contributed by atoms with Crippen LogP contribution in [-0.2, 0) is 4.79 Å². The first kappa shape index (κ1) is 26.2. The van der Waals surface area contributed by atoms with E-state index < -0.39 is 0 Å². The molecule has 0 spiro atoms. The number of hydrogen-bond donors (Lipinski definition) is 2. The third-order valence-corrected chi connectivity index (χ3v) is 5.62. The molecule has 0 aromatic heterocycles. The highest BCUT2D eigenvalue weighted by Gasteiger charge is 2.24. The van der Waals surface area contributed by atoms with Crippen LogP contribution in [0.4, 0.5) is 0 Å². The molecule has 3 nitrogen and oxygen atoms in total. The molecule has 0 rings (SSSR count). The molecule has 0 aromatic rings. The van der Waals surface area contributed by atoms with Crippen molar-refractivity contribution in [2.75, 3.05) is 6.61 Å². The van der Waals surface area contributed by atoms with Crippen LogP contribution in [0.15, 0.2) is 12.2 Å². The van der Waals surface area contributed by atoms with Crippen molar-refractivity contribution in [3.8, 4) is 0 Å². The van der Waals surface area contributed by atoms with E-state index in [1.54, 1.807) is 0 Å². The molecule has 0 aliphatic carbocycles. The second-order valence-electron chi connectivity index (χ2n) is 8.11. The minimum atomic E-state index is -0.230. The minimum absolute atomic E-state index is 0.0520. The van der Waals surface area contributed by atoms with Gasteiger partial charge < -0.3 is 10.8 Å². The predicted octanol–water partition coefficient (Wildman–Crippen LogP) is 6.53. The van der Waals surface area contributed by atoms with Crippen molar-refractivity contribution in [1.82, 2.24) is 0 Å². The van der Waals surface area contributed by atoms with Crippen molar-refractivity contribution in [1.29, 1.82) is 0 Å². The molecular formula is C24H47NO2.